The van der Waals surface area contributed by atoms with Gasteiger partial charge in [0.1, 0.15) is 0 Å². The lowest BCUT2D eigenvalue weighted by atomic mass is 10.1. The van der Waals surface area contributed by atoms with Gasteiger partial charge >= 0.3 is 0 Å². The number of benzene rings is 2. The van der Waals surface area contributed by atoms with Crippen molar-refractivity contribution in [3.63, 3.8) is 0 Å². The maximum absolute atomic E-state index is 12.6. The summed E-state index contributed by atoms with van der Waals surface area (Å²) in [6, 6.07) is 15.3. The lowest BCUT2D eigenvalue weighted by Crippen LogP contribution is -2.07. The van der Waals surface area contributed by atoms with Crippen molar-refractivity contribution in [2.24, 2.45) is 0 Å². The summed E-state index contributed by atoms with van der Waals surface area (Å²) in [6.07, 6.45) is 0.0875. The van der Waals surface area contributed by atoms with Gasteiger partial charge in [0, 0.05) is 9.79 Å². The first-order valence-electron chi connectivity index (χ1n) is 6.32. The van der Waals surface area contributed by atoms with Crippen LogP contribution < -0.4 is 0 Å². The van der Waals surface area contributed by atoms with Gasteiger partial charge in [-0.05, 0) is 44.0 Å². The third-order valence-corrected chi connectivity index (χ3v) is 4.42. The van der Waals surface area contributed by atoms with Gasteiger partial charge in [0.05, 0.1) is 16.9 Å². The Balaban J connectivity index is 2.35. The van der Waals surface area contributed by atoms with E-state index in [1.54, 1.807) is 6.92 Å². The van der Waals surface area contributed by atoms with Gasteiger partial charge in [0.15, 0.2) is 0 Å². The van der Waals surface area contributed by atoms with Gasteiger partial charge in [-0.1, -0.05) is 35.9 Å². The second-order valence-corrected chi connectivity index (χ2v) is 6.19. The van der Waals surface area contributed by atoms with E-state index in [1.807, 2.05) is 55.5 Å². The number of hydrogen-bond donors (Lipinski definition) is 1. The molecule has 0 unspecified atom stereocenters. The summed E-state index contributed by atoms with van der Waals surface area (Å²) >= 11 is 0. The van der Waals surface area contributed by atoms with Crippen LogP contribution in [0.4, 0.5) is 0 Å². The third kappa shape index (κ3) is 3.52. The van der Waals surface area contributed by atoms with Crippen molar-refractivity contribution in [2.75, 3.05) is 0 Å². The Kier molecular flexibility index (Phi) is 4.51. The van der Waals surface area contributed by atoms with Crippen molar-refractivity contribution in [2.45, 2.75) is 36.2 Å². The summed E-state index contributed by atoms with van der Waals surface area (Å²) in [5, 5.41) is 9.52. The average molecular weight is 274 g/mol. The normalized spacial score (nSPS) is 14.1. The molecule has 2 aromatic rings. The molecule has 0 aromatic heterocycles. The molecule has 0 aliphatic carbocycles. The molecule has 19 heavy (non-hydrogen) atoms. The van der Waals surface area contributed by atoms with Crippen LogP contribution in [-0.2, 0) is 17.2 Å². The smallest absolute Gasteiger partial charge is 0.0852 e. The van der Waals surface area contributed by atoms with Crippen LogP contribution in [-0.4, -0.2) is 15.4 Å². The highest BCUT2D eigenvalue weighted by molar-refractivity contribution is 7.85. The van der Waals surface area contributed by atoms with Crippen LogP contribution in [0.15, 0.2) is 58.3 Å². The van der Waals surface area contributed by atoms with Crippen molar-refractivity contribution < 1.29 is 9.32 Å². The highest BCUT2D eigenvalue weighted by atomic mass is 32.2. The van der Waals surface area contributed by atoms with Crippen LogP contribution >= 0.6 is 0 Å². The van der Waals surface area contributed by atoms with Crippen LogP contribution in [0.1, 0.15) is 18.1 Å². The number of rotatable bonds is 4. The molecule has 0 fully saturated rings. The Hall–Kier alpha value is -1.45. The molecular weight excluding hydrogens is 256 g/mol. The summed E-state index contributed by atoms with van der Waals surface area (Å²) < 4.78 is 12.6. The maximum atomic E-state index is 12.6. The fourth-order valence-electron chi connectivity index (χ4n) is 1.96. The van der Waals surface area contributed by atoms with Crippen LogP contribution in [0.25, 0.3) is 0 Å². The van der Waals surface area contributed by atoms with Gasteiger partial charge in [-0.3, -0.25) is 0 Å². The molecule has 0 radical (unpaired) electrons. The Labute approximate surface area is 116 Å². The SMILES string of the molecule is Cc1ccc([S@](=O)c2ccccc2C[C@@H](C)O)cc1. The summed E-state index contributed by atoms with van der Waals surface area (Å²) in [7, 11) is -1.19. The van der Waals surface area contributed by atoms with Gasteiger partial charge in [-0.15, -0.1) is 0 Å². The van der Waals surface area contributed by atoms with E-state index in [1.165, 1.54) is 0 Å². The van der Waals surface area contributed by atoms with Gasteiger partial charge in [-0.2, -0.15) is 0 Å². The van der Waals surface area contributed by atoms with Crippen molar-refractivity contribution in [3.05, 3.63) is 59.7 Å². The molecule has 0 heterocycles. The minimum atomic E-state index is -1.19. The summed E-state index contributed by atoms with van der Waals surface area (Å²) in [6.45, 7) is 3.75. The van der Waals surface area contributed by atoms with Crippen LogP contribution in [0.5, 0.6) is 0 Å². The summed E-state index contributed by atoms with van der Waals surface area (Å²) in [5.74, 6) is 0. The first kappa shape index (κ1) is 14.0. The van der Waals surface area contributed by atoms with E-state index >= 15 is 0 Å². The van der Waals surface area contributed by atoms with Crippen molar-refractivity contribution in [3.8, 4) is 0 Å². The third-order valence-electron chi connectivity index (χ3n) is 2.92. The second kappa shape index (κ2) is 6.13. The zero-order valence-corrected chi connectivity index (χ0v) is 12.0. The fraction of sp³-hybridized carbons (Fsp3) is 0.250. The van der Waals surface area contributed by atoms with Gasteiger partial charge in [-0.25, -0.2) is 4.21 Å². The Morgan fingerprint density at radius 3 is 2.37 bits per heavy atom. The van der Waals surface area contributed by atoms with E-state index in [0.717, 1.165) is 20.9 Å². The van der Waals surface area contributed by atoms with Crippen molar-refractivity contribution in [1.82, 2.24) is 0 Å². The van der Waals surface area contributed by atoms with E-state index in [-0.39, 0.29) is 0 Å². The molecular formula is C16H18O2S. The largest absolute Gasteiger partial charge is 0.393 e. The molecule has 0 amide bonds. The molecule has 0 aliphatic heterocycles. The molecule has 0 bridgehead atoms. The average Bonchev–Trinajstić information content (AvgIpc) is 2.39. The van der Waals surface area contributed by atoms with Crippen molar-refractivity contribution >= 4 is 10.8 Å². The molecule has 1 N–H and O–H groups in total. The molecule has 0 saturated heterocycles. The summed E-state index contributed by atoms with van der Waals surface area (Å²) in [5.41, 5.74) is 2.09. The van der Waals surface area contributed by atoms with Crippen molar-refractivity contribution in [1.29, 1.82) is 0 Å². The molecule has 0 spiro atoms. The fourth-order valence-corrected chi connectivity index (χ4v) is 3.19. The molecule has 0 aliphatic rings. The quantitative estimate of drug-likeness (QED) is 0.930. The van der Waals surface area contributed by atoms with Crippen LogP contribution in [0.3, 0.4) is 0 Å². The topological polar surface area (TPSA) is 37.3 Å². The standard InChI is InChI=1S/C16H18O2S/c1-12-7-9-15(10-8-12)19(18)16-6-4-3-5-14(16)11-13(2)17/h3-10,13,17H,11H2,1-2H3/t13-,19+/m1/s1. The predicted molar refractivity (Wildman–Crippen MR) is 77.7 cm³/mol. The monoisotopic (exact) mass is 274 g/mol. The maximum Gasteiger partial charge on any atom is 0.0852 e. The molecule has 0 saturated carbocycles. The number of aliphatic hydroxyl groups excluding tert-OH is 1. The minimum Gasteiger partial charge on any atom is -0.393 e. The number of aryl methyl sites for hydroxylation is 1. The molecule has 2 atom stereocenters. The van der Waals surface area contributed by atoms with Gasteiger partial charge < -0.3 is 5.11 Å². The van der Waals surface area contributed by atoms with Gasteiger partial charge in [0.25, 0.3) is 0 Å². The first-order chi connectivity index (χ1) is 9.08. The van der Waals surface area contributed by atoms with E-state index in [2.05, 4.69) is 0 Å². The first-order valence-corrected chi connectivity index (χ1v) is 7.47. The molecule has 2 nitrogen and oxygen atoms in total. The van der Waals surface area contributed by atoms with E-state index in [0.29, 0.717) is 6.42 Å². The van der Waals surface area contributed by atoms with Crippen LogP contribution in [0.2, 0.25) is 0 Å². The zero-order chi connectivity index (χ0) is 13.8. The highest BCUT2D eigenvalue weighted by Gasteiger charge is 2.12. The molecule has 3 heteroatoms. The second-order valence-electron chi connectivity index (χ2n) is 4.74. The van der Waals surface area contributed by atoms with Crippen LogP contribution in [0, 0.1) is 6.92 Å². The van der Waals surface area contributed by atoms with Gasteiger partial charge in [0.2, 0.25) is 0 Å². The number of hydrogen-bond acceptors (Lipinski definition) is 2. The molecule has 100 valence electrons. The lowest BCUT2D eigenvalue weighted by Gasteiger charge is -2.11. The van der Waals surface area contributed by atoms with E-state index in [9.17, 15) is 9.32 Å². The Morgan fingerprint density at radius 2 is 1.74 bits per heavy atom. The van der Waals surface area contributed by atoms with E-state index < -0.39 is 16.9 Å². The highest BCUT2D eigenvalue weighted by Crippen LogP contribution is 2.21. The van der Waals surface area contributed by atoms with E-state index in [4.69, 9.17) is 0 Å². The summed E-state index contributed by atoms with van der Waals surface area (Å²) in [4.78, 5) is 1.58. The number of aliphatic hydroxyl groups is 1. The molecule has 2 aromatic carbocycles. The Morgan fingerprint density at radius 1 is 1.11 bits per heavy atom. The predicted octanol–water partition coefficient (Wildman–Crippen LogP) is 3.09. The Bertz CT molecular complexity index is 574. The minimum absolute atomic E-state index is 0.434. The zero-order valence-electron chi connectivity index (χ0n) is 11.2. The molecule has 2 rings (SSSR count). The lowest BCUT2D eigenvalue weighted by molar-refractivity contribution is 0.194.